The lowest BCUT2D eigenvalue weighted by molar-refractivity contribution is -0.445. The van der Waals surface area contributed by atoms with Crippen LogP contribution in [0.3, 0.4) is 0 Å². The molecular weight excluding hydrogens is 697 g/mol. The first-order chi connectivity index (χ1) is 25.5. The molecule has 8 heteroatoms. The van der Waals surface area contributed by atoms with Crippen molar-refractivity contribution in [1.82, 2.24) is 0 Å². The largest absolute Gasteiger partial charge is 0.333 e. The Labute approximate surface area is 354 Å². The van der Waals surface area contributed by atoms with Crippen molar-refractivity contribution in [1.29, 1.82) is 0 Å². The normalized spacial score (nSPS) is 5.39. The van der Waals surface area contributed by atoms with Gasteiger partial charge in [-0.2, -0.15) is 0 Å². The van der Waals surface area contributed by atoms with E-state index >= 15 is 0 Å². The van der Waals surface area contributed by atoms with Crippen molar-refractivity contribution in [3.8, 4) is 0 Å². The molecule has 0 saturated carbocycles. The van der Waals surface area contributed by atoms with Crippen LogP contribution in [-0.2, 0) is 0 Å². The van der Waals surface area contributed by atoms with Gasteiger partial charge in [-0.15, -0.1) is 0 Å². The zero-order chi connectivity index (χ0) is 44.1. The molecule has 0 saturated heterocycles. The van der Waals surface area contributed by atoms with E-state index < -0.39 is 9.85 Å². The molecule has 0 amide bonds. The zero-order valence-electron chi connectivity index (χ0n) is 37.5. The van der Waals surface area contributed by atoms with Crippen LogP contribution in [0.15, 0.2) is 146 Å². The fourth-order valence-electron chi connectivity index (χ4n) is 1.54. The molecule has 0 fully saturated rings. The van der Waals surface area contributed by atoms with Gasteiger partial charge in [0.2, 0.25) is 0 Å². The molecule has 4 N–H and O–H groups in total. The van der Waals surface area contributed by atoms with Gasteiger partial charge in [0, 0.05) is 9.85 Å². The molecule has 0 atom stereocenters. The number of hydrogen-bond donors (Lipinski definition) is 2. The van der Waals surface area contributed by atoms with E-state index in [0.29, 0.717) is 0 Å². The van der Waals surface area contributed by atoms with Crippen molar-refractivity contribution in [3.63, 3.8) is 0 Å². The summed E-state index contributed by atoms with van der Waals surface area (Å²) >= 11 is 0. The fraction of sp³-hybridized carbons (Fsp3) is 0.500. The minimum atomic E-state index is -0.500. The van der Waals surface area contributed by atoms with E-state index in [1.807, 2.05) is 256 Å². The highest BCUT2D eigenvalue weighted by atomic mass is 16.6. The quantitative estimate of drug-likeness (QED) is 0.134. The van der Waals surface area contributed by atoms with Gasteiger partial charge in [-0.05, 0) is 14.1 Å². The van der Waals surface area contributed by atoms with Crippen molar-refractivity contribution in [2.24, 2.45) is 11.5 Å². The Hall–Kier alpha value is -4.40. The molecule has 0 spiro atoms. The molecule has 0 bridgehead atoms. The van der Waals surface area contributed by atoms with E-state index in [9.17, 15) is 0 Å². The van der Waals surface area contributed by atoms with Gasteiger partial charge in [0.15, 0.2) is 14.1 Å². The monoisotopic (exact) mass is 801 g/mol. The van der Waals surface area contributed by atoms with Crippen molar-refractivity contribution in [2.75, 3.05) is 28.2 Å². The predicted molar refractivity (Wildman–Crippen MR) is 270 cm³/mol. The van der Waals surface area contributed by atoms with Crippen LogP contribution in [0.2, 0.25) is 0 Å². The Bertz CT molecular complexity index is 608. The molecule has 8 nitrogen and oxygen atoms in total. The summed E-state index contributed by atoms with van der Waals surface area (Å²) in [7, 11) is 4.78. The Morgan fingerprint density at radius 3 is 0.286 bits per heavy atom. The van der Waals surface area contributed by atoms with Gasteiger partial charge in [-0.3, -0.25) is 20.2 Å². The lowest BCUT2D eigenvalue weighted by Gasteiger charge is -1.69. The Morgan fingerprint density at radius 1 is 0.250 bits per heavy atom. The Morgan fingerprint density at radius 2 is 0.268 bits per heavy atom. The second kappa shape index (κ2) is 190. The first kappa shape index (κ1) is 104. The van der Waals surface area contributed by atoms with Gasteiger partial charge < -0.3 is 11.5 Å². The molecule has 0 unspecified atom stereocenters. The highest BCUT2D eigenvalue weighted by molar-refractivity contribution is 5.00. The van der Waals surface area contributed by atoms with Gasteiger partial charge in [-0.25, -0.2) is 0 Å². The van der Waals surface area contributed by atoms with Gasteiger partial charge >= 0.3 is 0 Å². The minimum absolute atomic E-state index is 0. The highest BCUT2D eigenvalue weighted by Crippen LogP contribution is 1.81. The maximum atomic E-state index is 8.81. The van der Waals surface area contributed by atoms with Crippen LogP contribution in [-0.4, -0.2) is 38.0 Å². The first-order valence-corrected chi connectivity index (χ1v) is 18.8. The average molecular weight is 801 g/mol. The molecule has 0 aliphatic carbocycles. The third-order valence-corrected chi connectivity index (χ3v) is 2.67. The SMILES string of the molecule is C.C.C.C.CC.CC.CC.CC.CC.CC.CC.CC.CN.CN.C[N+](=O)[O-].C[N+](=O)[O-].c1ccccc1.c1ccccc1.c1ccccc1.c1ccccc1. The van der Waals surface area contributed by atoms with Gasteiger partial charge in [-0.1, -0.05) is 286 Å². The first-order valence-electron chi connectivity index (χ1n) is 18.8. The summed E-state index contributed by atoms with van der Waals surface area (Å²) in [5.41, 5.74) is 9.00. The maximum absolute atomic E-state index is 8.81. The molecule has 4 aromatic rings. The van der Waals surface area contributed by atoms with E-state index in [2.05, 4.69) is 11.5 Å². The van der Waals surface area contributed by atoms with Crippen molar-refractivity contribution < 1.29 is 9.85 Å². The molecule has 4 aromatic carbocycles. The lowest BCUT2D eigenvalue weighted by Crippen LogP contribution is -1.79. The van der Waals surface area contributed by atoms with Crippen LogP contribution in [0.4, 0.5) is 0 Å². The smallest absolute Gasteiger partial charge is 0.194 e. The molecule has 0 aromatic heterocycles. The third kappa shape index (κ3) is 305. The number of rotatable bonds is 0. The molecule has 340 valence electrons. The molecule has 0 radical (unpaired) electrons. The third-order valence-electron chi connectivity index (χ3n) is 2.67. The molecule has 56 heavy (non-hydrogen) atoms. The summed E-state index contributed by atoms with van der Waals surface area (Å²) in [6.45, 7) is 32.0. The number of nitrogens with zero attached hydrogens (tertiary/aromatic N) is 2. The second-order valence-electron chi connectivity index (χ2n) is 5.50. The Balaban J connectivity index is -0.0000000223. The van der Waals surface area contributed by atoms with Gasteiger partial charge in [0.05, 0.1) is 0 Å². The molecule has 0 heterocycles. The Kier molecular flexibility index (Phi) is 354. The summed E-state index contributed by atoms with van der Waals surface area (Å²) in [6, 6.07) is 48.0. The van der Waals surface area contributed by atoms with Crippen LogP contribution >= 0.6 is 0 Å². The van der Waals surface area contributed by atoms with Crippen LogP contribution in [0, 0.1) is 20.2 Å². The van der Waals surface area contributed by atoms with Crippen LogP contribution < -0.4 is 11.5 Å². The zero-order valence-corrected chi connectivity index (χ0v) is 37.5. The fourth-order valence-corrected chi connectivity index (χ4v) is 1.54. The van der Waals surface area contributed by atoms with E-state index in [0.717, 1.165) is 14.1 Å². The second-order valence-corrected chi connectivity index (χ2v) is 5.50. The molecular formula is C48H104N4O4. The summed E-state index contributed by atoms with van der Waals surface area (Å²) in [5.74, 6) is 0. The summed E-state index contributed by atoms with van der Waals surface area (Å²) in [5, 5.41) is 17.6. The summed E-state index contributed by atoms with van der Waals surface area (Å²) < 4.78 is 0. The van der Waals surface area contributed by atoms with Crippen LogP contribution in [0.5, 0.6) is 0 Å². The van der Waals surface area contributed by atoms with Crippen LogP contribution in [0.1, 0.15) is 140 Å². The van der Waals surface area contributed by atoms with Crippen molar-refractivity contribution >= 4 is 0 Å². The average Bonchev–Trinajstić information content (AvgIpc) is 3.28. The van der Waals surface area contributed by atoms with E-state index in [4.69, 9.17) is 20.2 Å². The summed E-state index contributed by atoms with van der Waals surface area (Å²) in [6.07, 6.45) is 0. The van der Waals surface area contributed by atoms with E-state index in [-0.39, 0.29) is 29.7 Å². The molecule has 0 aliphatic rings. The summed E-state index contributed by atoms with van der Waals surface area (Å²) in [4.78, 5) is 16.6. The van der Waals surface area contributed by atoms with E-state index in [1.165, 1.54) is 14.1 Å². The van der Waals surface area contributed by atoms with Crippen molar-refractivity contribution in [2.45, 2.75) is 140 Å². The number of nitro groups is 2. The maximum Gasteiger partial charge on any atom is 0.194 e. The number of hydrogen-bond acceptors (Lipinski definition) is 6. The van der Waals surface area contributed by atoms with Crippen molar-refractivity contribution in [3.05, 3.63) is 166 Å². The van der Waals surface area contributed by atoms with Gasteiger partial charge in [0.1, 0.15) is 0 Å². The van der Waals surface area contributed by atoms with E-state index in [1.54, 1.807) is 0 Å². The number of nitrogens with two attached hydrogens (primary N) is 2. The topological polar surface area (TPSA) is 138 Å². The minimum Gasteiger partial charge on any atom is -0.333 e. The molecule has 0 aliphatic heterocycles. The van der Waals surface area contributed by atoms with Gasteiger partial charge in [0.25, 0.3) is 0 Å². The standard InChI is InChI=1S/4C6H6.8C2H6.2CH3NO2.2CH5N.4CH4/c4*1-2-4-6-5-3-1;8*1-2;2*1-2(3)4;2*1-2;;;;/h4*1-6H;8*1-2H3;2*1H3;2*2H2,1H3;4*1H4. The molecule has 4 rings (SSSR count). The van der Waals surface area contributed by atoms with Crippen LogP contribution in [0.25, 0.3) is 0 Å². The predicted octanol–water partition coefficient (Wildman–Crippen LogP) is 16.4. The number of benzene rings is 4. The highest BCUT2D eigenvalue weighted by Gasteiger charge is 1.60. The lowest BCUT2D eigenvalue weighted by atomic mass is 10.4.